The average molecular weight is 228 g/mol. The maximum Gasteiger partial charge on any atom is 0.131 e. The van der Waals surface area contributed by atoms with E-state index in [0.717, 1.165) is 24.0 Å². The fourth-order valence-electron chi connectivity index (χ4n) is 2.25. The topological polar surface area (TPSA) is 0 Å². The zero-order valence-electron chi connectivity index (χ0n) is 10.3. The summed E-state index contributed by atoms with van der Waals surface area (Å²) in [5.41, 5.74) is 4.24. The molecule has 88 valence electrons. The summed E-state index contributed by atoms with van der Waals surface area (Å²) in [5.74, 6) is -0.136. The van der Waals surface area contributed by atoms with E-state index in [1.807, 2.05) is 12.1 Å². The van der Waals surface area contributed by atoms with Crippen molar-refractivity contribution in [2.45, 2.75) is 26.7 Å². The second kappa shape index (κ2) is 5.13. The van der Waals surface area contributed by atoms with Crippen LogP contribution in [-0.4, -0.2) is 0 Å². The molecule has 0 heterocycles. The van der Waals surface area contributed by atoms with Gasteiger partial charge in [0.05, 0.1) is 0 Å². The lowest BCUT2D eigenvalue weighted by molar-refractivity contribution is 0.631. The number of hydrogen-bond acceptors (Lipinski definition) is 0. The standard InChI is InChI=1S/C16H17F/c1-3-12-8-7-9-13(4-2)16(12)14-10-5-6-11-15(14)17/h5-11H,3-4H2,1-2H3. The maximum absolute atomic E-state index is 13.9. The third kappa shape index (κ3) is 2.23. The second-order valence-electron chi connectivity index (χ2n) is 4.14. The van der Waals surface area contributed by atoms with Gasteiger partial charge in [0.15, 0.2) is 0 Å². The molecule has 2 aromatic rings. The van der Waals surface area contributed by atoms with Crippen LogP contribution in [0.3, 0.4) is 0 Å². The Kier molecular flexibility index (Phi) is 3.58. The Labute approximate surface area is 102 Å². The molecule has 0 aliphatic heterocycles. The molecule has 0 unspecified atom stereocenters. The van der Waals surface area contributed by atoms with Gasteiger partial charge in [0.2, 0.25) is 0 Å². The Morgan fingerprint density at radius 1 is 0.824 bits per heavy atom. The minimum Gasteiger partial charge on any atom is -0.206 e. The molecule has 2 rings (SSSR count). The van der Waals surface area contributed by atoms with Gasteiger partial charge in [-0.2, -0.15) is 0 Å². The van der Waals surface area contributed by atoms with Gasteiger partial charge in [0.25, 0.3) is 0 Å². The summed E-state index contributed by atoms with van der Waals surface area (Å²) in [6, 6.07) is 13.2. The zero-order valence-corrected chi connectivity index (χ0v) is 10.3. The van der Waals surface area contributed by atoms with E-state index in [1.165, 1.54) is 17.2 Å². The summed E-state index contributed by atoms with van der Waals surface area (Å²) in [5, 5.41) is 0. The van der Waals surface area contributed by atoms with Crippen molar-refractivity contribution in [2.75, 3.05) is 0 Å². The van der Waals surface area contributed by atoms with Crippen molar-refractivity contribution in [1.29, 1.82) is 0 Å². The van der Waals surface area contributed by atoms with Crippen molar-refractivity contribution < 1.29 is 4.39 Å². The summed E-state index contributed by atoms with van der Waals surface area (Å²) in [7, 11) is 0. The summed E-state index contributed by atoms with van der Waals surface area (Å²) in [6.07, 6.45) is 1.86. The van der Waals surface area contributed by atoms with E-state index in [1.54, 1.807) is 6.07 Å². The average Bonchev–Trinajstić information content (AvgIpc) is 2.38. The highest BCUT2D eigenvalue weighted by Gasteiger charge is 2.11. The van der Waals surface area contributed by atoms with Gasteiger partial charge >= 0.3 is 0 Å². The highest BCUT2D eigenvalue weighted by molar-refractivity contribution is 5.71. The Bertz CT molecular complexity index is 492. The highest BCUT2D eigenvalue weighted by Crippen LogP contribution is 2.30. The molecular weight excluding hydrogens is 211 g/mol. The van der Waals surface area contributed by atoms with E-state index in [4.69, 9.17) is 0 Å². The minimum absolute atomic E-state index is 0.136. The van der Waals surface area contributed by atoms with Crippen LogP contribution in [0.25, 0.3) is 11.1 Å². The first-order valence-electron chi connectivity index (χ1n) is 6.13. The number of rotatable bonds is 3. The van der Waals surface area contributed by atoms with Crippen molar-refractivity contribution in [3.8, 4) is 11.1 Å². The SMILES string of the molecule is CCc1cccc(CC)c1-c1ccccc1F. The van der Waals surface area contributed by atoms with E-state index in [2.05, 4.69) is 32.0 Å². The number of benzene rings is 2. The Morgan fingerprint density at radius 2 is 1.41 bits per heavy atom. The first-order valence-corrected chi connectivity index (χ1v) is 6.13. The van der Waals surface area contributed by atoms with Gasteiger partial charge < -0.3 is 0 Å². The molecule has 0 radical (unpaired) electrons. The van der Waals surface area contributed by atoms with Crippen LogP contribution in [0.2, 0.25) is 0 Å². The predicted octanol–water partition coefficient (Wildman–Crippen LogP) is 4.62. The van der Waals surface area contributed by atoms with E-state index >= 15 is 0 Å². The predicted molar refractivity (Wildman–Crippen MR) is 70.6 cm³/mol. The molecule has 0 aliphatic rings. The van der Waals surface area contributed by atoms with E-state index in [9.17, 15) is 4.39 Å². The fourth-order valence-corrected chi connectivity index (χ4v) is 2.25. The molecule has 0 nitrogen and oxygen atoms in total. The first-order chi connectivity index (χ1) is 8.27. The molecule has 0 saturated heterocycles. The number of aryl methyl sites for hydroxylation is 2. The van der Waals surface area contributed by atoms with Gasteiger partial charge in [-0.3, -0.25) is 0 Å². The van der Waals surface area contributed by atoms with Crippen LogP contribution >= 0.6 is 0 Å². The minimum atomic E-state index is -0.136. The molecule has 2 aromatic carbocycles. The molecule has 0 atom stereocenters. The first kappa shape index (κ1) is 11.8. The van der Waals surface area contributed by atoms with Crippen LogP contribution in [0, 0.1) is 5.82 Å². The van der Waals surface area contributed by atoms with E-state index in [-0.39, 0.29) is 5.82 Å². The molecule has 1 heteroatoms. The lowest BCUT2D eigenvalue weighted by Crippen LogP contribution is -1.96. The van der Waals surface area contributed by atoms with E-state index < -0.39 is 0 Å². The highest BCUT2D eigenvalue weighted by atomic mass is 19.1. The summed E-state index contributed by atoms with van der Waals surface area (Å²) in [4.78, 5) is 0. The van der Waals surface area contributed by atoms with Gasteiger partial charge in [-0.05, 0) is 35.6 Å². The van der Waals surface area contributed by atoms with Crippen LogP contribution in [0.4, 0.5) is 4.39 Å². The van der Waals surface area contributed by atoms with Crippen LogP contribution in [0.1, 0.15) is 25.0 Å². The fraction of sp³-hybridized carbons (Fsp3) is 0.250. The van der Waals surface area contributed by atoms with Gasteiger partial charge in [0, 0.05) is 5.56 Å². The molecule has 0 aliphatic carbocycles. The number of hydrogen-bond donors (Lipinski definition) is 0. The molecule has 0 amide bonds. The third-order valence-corrected chi connectivity index (χ3v) is 3.14. The molecule has 17 heavy (non-hydrogen) atoms. The van der Waals surface area contributed by atoms with Crippen molar-refractivity contribution in [3.05, 3.63) is 59.4 Å². The molecular formula is C16H17F. The summed E-state index contributed by atoms with van der Waals surface area (Å²) in [6.45, 7) is 4.22. The van der Waals surface area contributed by atoms with Crippen LogP contribution < -0.4 is 0 Å². The second-order valence-corrected chi connectivity index (χ2v) is 4.14. The lowest BCUT2D eigenvalue weighted by atomic mass is 9.91. The largest absolute Gasteiger partial charge is 0.206 e. The van der Waals surface area contributed by atoms with Crippen molar-refractivity contribution >= 4 is 0 Å². The van der Waals surface area contributed by atoms with Crippen molar-refractivity contribution in [2.24, 2.45) is 0 Å². The molecule has 0 fully saturated rings. The molecule has 0 aromatic heterocycles. The van der Waals surface area contributed by atoms with Crippen LogP contribution in [-0.2, 0) is 12.8 Å². The third-order valence-electron chi connectivity index (χ3n) is 3.14. The van der Waals surface area contributed by atoms with Gasteiger partial charge in [-0.25, -0.2) is 4.39 Å². The van der Waals surface area contributed by atoms with Crippen LogP contribution in [0.15, 0.2) is 42.5 Å². The quantitative estimate of drug-likeness (QED) is 0.719. The van der Waals surface area contributed by atoms with Crippen molar-refractivity contribution in [1.82, 2.24) is 0 Å². The Morgan fingerprint density at radius 3 is 1.94 bits per heavy atom. The number of halogens is 1. The molecule has 0 N–H and O–H groups in total. The van der Waals surface area contributed by atoms with Crippen molar-refractivity contribution in [3.63, 3.8) is 0 Å². The summed E-state index contributed by atoms with van der Waals surface area (Å²) < 4.78 is 13.9. The molecule has 0 bridgehead atoms. The smallest absolute Gasteiger partial charge is 0.131 e. The molecule has 0 spiro atoms. The zero-order chi connectivity index (χ0) is 12.3. The Balaban J connectivity index is 2.69. The lowest BCUT2D eigenvalue weighted by Gasteiger charge is -2.13. The van der Waals surface area contributed by atoms with Gasteiger partial charge in [-0.15, -0.1) is 0 Å². The van der Waals surface area contributed by atoms with E-state index in [0.29, 0.717) is 0 Å². The monoisotopic (exact) mass is 228 g/mol. The maximum atomic E-state index is 13.9. The van der Waals surface area contributed by atoms with Gasteiger partial charge in [0.1, 0.15) is 5.82 Å². The summed E-state index contributed by atoms with van der Waals surface area (Å²) >= 11 is 0. The molecule has 0 saturated carbocycles. The van der Waals surface area contributed by atoms with Crippen LogP contribution in [0.5, 0.6) is 0 Å². The van der Waals surface area contributed by atoms with Gasteiger partial charge in [-0.1, -0.05) is 50.2 Å². The Hall–Kier alpha value is -1.63. The normalized spacial score (nSPS) is 10.5.